The van der Waals surface area contributed by atoms with Crippen LogP contribution in [0.5, 0.6) is 11.5 Å². The van der Waals surface area contributed by atoms with Crippen molar-refractivity contribution in [2.75, 3.05) is 0 Å². The predicted molar refractivity (Wildman–Crippen MR) is 125 cm³/mol. The molecule has 0 amide bonds. The molecule has 2 aromatic heterocycles. The van der Waals surface area contributed by atoms with Crippen molar-refractivity contribution in [1.29, 1.82) is 0 Å². The molecule has 6 rings (SSSR count). The SMILES string of the molecule is Cc1c2c(c(C)c3occc13)Oc1cc(C3CCC(C)(C)CC3)cc3cc[n+](C)c-2c13. The van der Waals surface area contributed by atoms with E-state index < -0.39 is 0 Å². The van der Waals surface area contributed by atoms with Crippen LogP contribution in [0.3, 0.4) is 0 Å². The Morgan fingerprint density at radius 2 is 1.81 bits per heavy atom. The van der Waals surface area contributed by atoms with E-state index in [2.05, 4.69) is 69.8 Å². The van der Waals surface area contributed by atoms with Gasteiger partial charge in [-0.2, -0.15) is 0 Å². The van der Waals surface area contributed by atoms with Gasteiger partial charge in [-0.25, -0.2) is 4.57 Å². The van der Waals surface area contributed by atoms with Crippen molar-refractivity contribution in [2.45, 2.75) is 59.3 Å². The van der Waals surface area contributed by atoms with Crippen molar-refractivity contribution in [2.24, 2.45) is 12.5 Å². The van der Waals surface area contributed by atoms with Gasteiger partial charge in [0.15, 0.2) is 6.20 Å². The van der Waals surface area contributed by atoms with E-state index in [1.165, 1.54) is 64.2 Å². The molecule has 0 radical (unpaired) electrons. The highest BCUT2D eigenvalue weighted by atomic mass is 16.5. The fourth-order valence-corrected chi connectivity index (χ4v) is 5.85. The summed E-state index contributed by atoms with van der Waals surface area (Å²) >= 11 is 0. The van der Waals surface area contributed by atoms with Gasteiger partial charge in [-0.3, -0.25) is 0 Å². The van der Waals surface area contributed by atoms with E-state index in [9.17, 15) is 0 Å². The van der Waals surface area contributed by atoms with Gasteiger partial charge in [0.1, 0.15) is 24.1 Å². The van der Waals surface area contributed by atoms with Gasteiger partial charge in [-0.1, -0.05) is 19.9 Å². The third-order valence-electron chi connectivity index (χ3n) is 7.83. The van der Waals surface area contributed by atoms with Gasteiger partial charge < -0.3 is 9.15 Å². The maximum absolute atomic E-state index is 6.69. The summed E-state index contributed by atoms with van der Waals surface area (Å²) in [6.45, 7) is 9.10. The number of nitrogens with zero attached hydrogens (tertiary/aromatic N) is 1. The average molecular weight is 413 g/mol. The smallest absolute Gasteiger partial charge is 0.228 e. The van der Waals surface area contributed by atoms with Gasteiger partial charge in [0, 0.05) is 17.0 Å². The molecular formula is C28H30NO2+. The molecule has 0 saturated heterocycles. The lowest BCUT2D eigenvalue weighted by molar-refractivity contribution is -0.659. The van der Waals surface area contributed by atoms with Gasteiger partial charge in [0.25, 0.3) is 0 Å². The lowest BCUT2D eigenvalue weighted by Gasteiger charge is -2.35. The number of furan rings is 1. The summed E-state index contributed by atoms with van der Waals surface area (Å²) in [6.07, 6.45) is 9.07. The molecule has 158 valence electrons. The lowest BCUT2D eigenvalue weighted by atomic mass is 9.71. The Hall–Kier alpha value is -2.81. The molecule has 1 fully saturated rings. The Balaban J connectivity index is 1.59. The second-order valence-electron chi connectivity index (χ2n) is 10.4. The summed E-state index contributed by atoms with van der Waals surface area (Å²) < 4.78 is 14.8. The van der Waals surface area contributed by atoms with Crippen LogP contribution in [0.2, 0.25) is 0 Å². The third-order valence-corrected chi connectivity index (χ3v) is 7.83. The normalized spacial score (nSPS) is 17.7. The quantitative estimate of drug-likeness (QED) is 0.267. The number of rotatable bonds is 1. The molecule has 3 heteroatoms. The zero-order valence-corrected chi connectivity index (χ0v) is 19.1. The second kappa shape index (κ2) is 6.35. The molecule has 3 nitrogen and oxygen atoms in total. The van der Waals surface area contributed by atoms with Crippen molar-refractivity contribution in [3.8, 4) is 22.8 Å². The number of aromatic nitrogens is 1. The molecule has 0 unspecified atom stereocenters. The van der Waals surface area contributed by atoms with Crippen molar-refractivity contribution in [3.05, 3.63) is 53.4 Å². The molecule has 0 bridgehead atoms. The van der Waals surface area contributed by atoms with Gasteiger partial charge in [0.2, 0.25) is 5.69 Å². The largest absolute Gasteiger partial charge is 0.464 e. The van der Waals surface area contributed by atoms with Crippen molar-refractivity contribution >= 4 is 21.7 Å². The van der Waals surface area contributed by atoms with Crippen molar-refractivity contribution < 1.29 is 13.7 Å². The first kappa shape index (κ1) is 18.9. The van der Waals surface area contributed by atoms with E-state index in [4.69, 9.17) is 9.15 Å². The van der Waals surface area contributed by atoms with Crippen molar-refractivity contribution in [1.82, 2.24) is 0 Å². The zero-order chi connectivity index (χ0) is 21.5. The predicted octanol–water partition coefficient (Wildman–Crippen LogP) is 7.48. The molecule has 31 heavy (non-hydrogen) atoms. The Morgan fingerprint density at radius 3 is 2.58 bits per heavy atom. The summed E-state index contributed by atoms with van der Waals surface area (Å²) in [5.41, 5.74) is 7.56. The highest BCUT2D eigenvalue weighted by Gasteiger charge is 2.34. The van der Waals surface area contributed by atoms with Crippen LogP contribution >= 0.6 is 0 Å². The molecule has 2 aliphatic rings. The summed E-state index contributed by atoms with van der Waals surface area (Å²) in [6, 6.07) is 9.05. The highest BCUT2D eigenvalue weighted by Crippen LogP contribution is 2.52. The van der Waals surface area contributed by atoms with Crippen LogP contribution < -0.4 is 9.30 Å². The van der Waals surface area contributed by atoms with Crippen molar-refractivity contribution in [3.63, 3.8) is 0 Å². The number of benzene rings is 2. The van der Waals surface area contributed by atoms with E-state index in [1.54, 1.807) is 6.26 Å². The molecule has 2 aromatic carbocycles. The Kier molecular flexibility index (Phi) is 3.88. The highest BCUT2D eigenvalue weighted by molar-refractivity contribution is 6.05. The first-order chi connectivity index (χ1) is 14.8. The number of aryl methyl sites for hydroxylation is 3. The number of hydrogen-bond donors (Lipinski definition) is 0. The van der Waals surface area contributed by atoms with E-state index in [0.29, 0.717) is 11.3 Å². The number of fused-ring (bicyclic) bond motifs is 3. The first-order valence-electron chi connectivity index (χ1n) is 11.5. The van der Waals surface area contributed by atoms with E-state index in [0.717, 1.165) is 22.6 Å². The molecule has 1 saturated carbocycles. The topological polar surface area (TPSA) is 26.2 Å². The minimum atomic E-state index is 0.473. The van der Waals surface area contributed by atoms with Crippen LogP contribution in [0.1, 0.15) is 62.1 Å². The van der Waals surface area contributed by atoms with Crippen LogP contribution in [0.25, 0.3) is 33.0 Å². The molecule has 1 aliphatic carbocycles. The fraction of sp³-hybridized carbons (Fsp3) is 0.393. The third kappa shape index (κ3) is 2.68. The lowest BCUT2D eigenvalue weighted by Crippen LogP contribution is -2.32. The average Bonchev–Trinajstić information content (AvgIpc) is 3.24. The molecule has 1 aliphatic heterocycles. The van der Waals surface area contributed by atoms with Gasteiger partial charge in [-0.05, 0) is 79.5 Å². The molecule has 4 aromatic rings. The Bertz CT molecular complexity index is 1370. The Morgan fingerprint density at radius 1 is 1.03 bits per heavy atom. The minimum Gasteiger partial charge on any atom is -0.464 e. The number of ether oxygens (including phenoxy) is 1. The van der Waals surface area contributed by atoms with Gasteiger partial charge in [0.05, 0.1) is 17.2 Å². The maximum atomic E-state index is 6.69. The number of hydrogen-bond acceptors (Lipinski definition) is 2. The standard InChI is InChI=1S/C28H30NO2/c1-16-21-9-13-30-26(21)17(2)27-23(16)25-24-19(8-12-29(25)5)14-20(15-22(24)31-27)18-6-10-28(3,4)11-7-18/h8-9,12-15,18H,6-7,10-11H2,1-5H3/q+1. The first-order valence-corrected chi connectivity index (χ1v) is 11.5. The van der Waals surface area contributed by atoms with Crippen LogP contribution in [-0.2, 0) is 7.05 Å². The van der Waals surface area contributed by atoms with E-state index in [1.807, 2.05) is 0 Å². The molecule has 0 N–H and O–H groups in total. The van der Waals surface area contributed by atoms with Crippen LogP contribution in [-0.4, -0.2) is 0 Å². The minimum absolute atomic E-state index is 0.473. The summed E-state index contributed by atoms with van der Waals surface area (Å²) in [7, 11) is 2.14. The number of pyridine rings is 1. The van der Waals surface area contributed by atoms with Crippen LogP contribution in [0.15, 0.2) is 41.1 Å². The fourth-order valence-electron chi connectivity index (χ4n) is 5.85. The Labute approximate surface area is 183 Å². The monoisotopic (exact) mass is 412 g/mol. The molecule has 3 heterocycles. The molecular weight excluding hydrogens is 382 g/mol. The van der Waals surface area contributed by atoms with Gasteiger partial charge >= 0.3 is 0 Å². The maximum Gasteiger partial charge on any atom is 0.228 e. The summed E-state index contributed by atoms with van der Waals surface area (Å²) in [5, 5.41) is 3.67. The van der Waals surface area contributed by atoms with Gasteiger partial charge in [-0.15, -0.1) is 0 Å². The van der Waals surface area contributed by atoms with E-state index in [-0.39, 0.29) is 0 Å². The molecule has 0 spiro atoms. The second-order valence-corrected chi connectivity index (χ2v) is 10.4. The zero-order valence-electron chi connectivity index (χ0n) is 19.1. The van der Waals surface area contributed by atoms with E-state index >= 15 is 0 Å². The van der Waals surface area contributed by atoms with Crippen LogP contribution in [0, 0.1) is 19.3 Å². The summed E-state index contributed by atoms with van der Waals surface area (Å²) in [4.78, 5) is 0. The molecule has 0 atom stereocenters. The summed E-state index contributed by atoms with van der Waals surface area (Å²) in [5.74, 6) is 2.55. The van der Waals surface area contributed by atoms with Crippen LogP contribution in [0.4, 0.5) is 0 Å².